The predicted octanol–water partition coefficient (Wildman–Crippen LogP) is 4.41. The maximum absolute atomic E-state index is 12.0. The van der Waals surface area contributed by atoms with Crippen LogP contribution in [0.5, 0.6) is 0 Å². The second-order valence-electron chi connectivity index (χ2n) is 5.68. The summed E-state index contributed by atoms with van der Waals surface area (Å²) >= 11 is 0. The minimum Gasteiger partial charge on any atom is -0.466 e. The standard InChI is InChI=1S/C16H26O2/c1-5-18-15(17)16(4)11-7-10-14(12-16)9-6-8-13(2)3/h8,10H,5-7,9,11-12H2,1-4H3/t16-/m1/s1. The zero-order valence-electron chi connectivity index (χ0n) is 12.2. The van der Waals surface area contributed by atoms with Crippen LogP contribution in [0.25, 0.3) is 0 Å². The largest absolute Gasteiger partial charge is 0.466 e. The summed E-state index contributed by atoms with van der Waals surface area (Å²) in [6.45, 7) is 8.63. The molecule has 0 bridgehead atoms. The SMILES string of the molecule is CCOC(=O)[C@]1(C)CCC=C(CCC=C(C)C)C1. The third-order valence-corrected chi connectivity index (χ3v) is 3.53. The van der Waals surface area contributed by atoms with Crippen LogP contribution in [0.2, 0.25) is 0 Å². The zero-order valence-corrected chi connectivity index (χ0v) is 12.2. The highest BCUT2D eigenvalue weighted by Crippen LogP contribution is 2.38. The molecule has 2 nitrogen and oxygen atoms in total. The molecule has 2 heteroatoms. The summed E-state index contributed by atoms with van der Waals surface area (Å²) in [5.74, 6) is -0.0298. The van der Waals surface area contributed by atoms with E-state index in [0.717, 1.165) is 32.1 Å². The Morgan fingerprint density at radius 3 is 2.83 bits per heavy atom. The highest BCUT2D eigenvalue weighted by atomic mass is 16.5. The Kier molecular flexibility index (Phi) is 5.64. The average Bonchev–Trinajstić information content (AvgIpc) is 2.29. The van der Waals surface area contributed by atoms with E-state index in [2.05, 4.69) is 26.0 Å². The van der Waals surface area contributed by atoms with Crippen LogP contribution in [0.4, 0.5) is 0 Å². The van der Waals surface area contributed by atoms with Gasteiger partial charge in [-0.3, -0.25) is 4.79 Å². The van der Waals surface area contributed by atoms with E-state index in [1.807, 2.05) is 13.8 Å². The molecule has 1 aliphatic carbocycles. The summed E-state index contributed by atoms with van der Waals surface area (Å²) in [6, 6.07) is 0. The van der Waals surface area contributed by atoms with E-state index in [1.165, 1.54) is 11.1 Å². The molecule has 0 aliphatic heterocycles. The molecule has 0 saturated heterocycles. The second-order valence-corrected chi connectivity index (χ2v) is 5.68. The van der Waals surface area contributed by atoms with E-state index in [0.29, 0.717) is 6.61 Å². The van der Waals surface area contributed by atoms with Crippen molar-refractivity contribution in [3.8, 4) is 0 Å². The number of allylic oxidation sites excluding steroid dienone is 4. The number of carbonyl (C=O) groups is 1. The van der Waals surface area contributed by atoms with Crippen molar-refractivity contribution in [3.63, 3.8) is 0 Å². The number of esters is 1. The van der Waals surface area contributed by atoms with Crippen molar-refractivity contribution < 1.29 is 9.53 Å². The first-order valence-electron chi connectivity index (χ1n) is 6.96. The van der Waals surface area contributed by atoms with E-state index >= 15 is 0 Å². The molecule has 0 unspecified atom stereocenters. The molecule has 1 rings (SSSR count). The summed E-state index contributed by atoms with van der Waals surface area (Å²) in [4.78, 5) is 12.0. The summed E-state index contributed by atoms with van der Waals surface area (Å²) in [5.41, 5.74) is 2.47. The summed E-state index contributed by atoms with van der Waals surface area (Å²) in [7, 11) is 0. The van der Waals surface area contributed by atoms with Gasteiger partial charge in [0.15, 0.2) is 0 Å². The minimum absolute atomic E-state index is 0.0298. The highest BCUT2D eigenvalue weighted by molar-refractivity contribution is 5.77. The molecular weight excluding hydrogens is 224 g/mol. The molecule has 0 aromatic carbocycles. The van der Waals surface area contributed by atoms with Crippen molar-refractivity contribution in [3.05, 3.63) is 23.3 Å². The fourth-order valence-corrected chi connectivity index (χ4v) is 2.47. The van der Waals surface area contributed by atoms with Gasteiger partial charge in [-0.15, -0.1) is 0 Å². The van der Waals surface area contributed by atoms with Gasteiger partial charge in [0.05, 0.1) is 12.0 Å². The average molecular weight is 250 g/mol. The monoisotopic (exact) mass is 250 g/mol. The van der Waals surface area contributed by atoms with Gasteiger partial charge in [-0.1, -0.05) is 23.3 Å². The quantitative estimate of drug-likeness (QED) is 0.533. The molecule has 18 heavy (non-hydrogen) atoms. The Balaban J connectivity index is 2.56. The molecule has 0 amide bonds. The Morgan fingerprint density at radius 2 is 2.22 bits per heavy atom. The van der Waals surface area contributed by atoms with E-state index in [-0.39, 0.29) is 11.4 Å². The lowest BCUT2D eigenvalue weighted by molar-refractivity contribution is -0.155. The summed E-state index contributed by atoms with van der Waals surface area (Å²) < 4.78 is 5.20. The number of rotatable bonds is 5. The lowest BCUT2D eigenvalue weighted by atomic mass is 9.74. The Hall–Kier alpha value is -1.05. The third-order valence-electron chi connectivity index (χ3n) is 3.53. The van der Waals surface area contributed by atoms with Crippen molar-refractivity contribution in [1.82, 2.24) is 0 Å². The lowest BCUT2D eigenvalue weighted by Crippen LogP contribution is -2.32. The molecule has 102 valence electrons. The molecule has 0 aromatic heterocycles. The Bertz CT molecular complexity index is 348. The van der Waals surface area contributed by atoms with Gasteiger partial charge in [0.1, 0.15) is 0 Å². The molecule has 0 saturated carbocycles. The van der Waals surface area contributed by atoms with Gasteiger partial charge in [-0.2, -0.15) is 0 Å². The van der Waals surface area contributed by atoms with Gasteiger partial charge in [0.2, 0.25) is 0 Å². The van der Waals surface area contributed by atoms with Crippen molar-refractivity contribution in [1.29, 1.82) is 0 Å². The van der Waals surface area contributed by atoms with Crippen LogP contribution in [0.3, 0.4) is 0 Å². The lowest BCUT2D eigenvalue weighted by Gasteiger charge is -2.31. The van der Waals surface area contributed by atoms with Crippen LogP contribution in [-0.4, -0.2) is 12.6 Å². The van der Waals surface area contributed by atoms with Gasteiger partial charge < -0.3 is 4.74 Å². The Labute approximate surface area is 111 Å². The van der Waals surface area contributed by atoms with Gasteiger partial charge in [0.25, 0.3) is 0 Å². The number of carbonyl (C=O) groups excluding carboxylic acids is 1. The molecule has 0 radical (unpaired) electrons. The van der Waals surface area contributed by atoms with Crippen LogP contribution in [0.1, 0.15) is 59.8 Å². The summed E-state index contributed by atoms with van der Waals surface area (Å²) in [5, 5.41) is 0. The van der Waals surface area contributed by atoms with E-state index < -0.39 is 0 Å². The maximum Gasteiger partial charge on any atom is 0.312 e. The van der Waals surface area contributed by atoms with Crippen LogP contribution >= 0.6 is 0 Å². The third kappa shape index (κ3) is 4.32. The van der Waals surface area contributed by atoms with Crippen LogP contribution < -0.4 is 0 Å². The van der Waals surface area contributed by atoms with Crippen LogP contribution in [-0.2, 0) is 9.53 Å². The van der Waals surface area contributed by atoms with Crippen molar-refractivity contribution in [2.24, 2.45) is 5.41 Å². The maximum atomic E-state index is 12.0. The predicted molar refractivity (Wildman–Crippen MR) is 75.3 cm³/mol. The number of hydrogen-bond donors (Lipinski definition) is 0. The second kappa shape index (κ2) is 6.77. The number of ether oxygens (including phenoxy) is 1. The first kappa shape index (κ1) is 15.0. The first-order valence-corrected chi connectivity index (χ1v) is 6.96. The molecular formula is C16H26O2. The molecule has 0 aromatic rings. The van der Waals surface area contributed by atoms with E-state index in [9.17, 15) is 4.79 Å². The zero-order chi connectivity index (χ0) is 13.6. The molecule has 0 spiro atoms. The number of hydrogen-bond acceptors (Lipinski definition) is 2. The molecule has 0 heterocycles. The highest BCUT2D eigenvalue weighted by Gasteiger charge is 2.36. The van der Waals surface area contributed by atoms with Gasteiger partial charge >= 0.3 is 5.97 Å². The topological polar surface area (TPSA) is 26.3 Å². The fraction of sp³-hybridized carbons (Fsp3) is 0.688. The smallest absolute Gasteiger partial charge is 0.312 e. The van der Waals surface area contributed by atoms with Crippen molar-refractivity contribution >= 4 is 5.97 Å². The fourth-order valence-electron chi connectivity index (χ4n) is 2.47. The van der Waals surface area contributed by atoms with Gasteiger partial charge in [0, 0.05) is 0 Å². The molecule has 1 aliphatic rings. The summed E-state index contributed by atoms with van der Waals surface area (Å²) in [6.07, 6.45) is 9.49. The van der Waals surface area contributed by atoms with Crippen molar-refractivity contribution in [2.45, 2.75) is 59.8 Å². The van der Waals surface area contributed by atoms with Gasteiger partial charge in [-0.25, -0.2) is 0 Å². The van der Waals surface area contributed by atoms with Gasteiger partial charge in [-0.05, 0) is 59.8 Å². The minimum atomic E-state index is -0.301. The Morgan fingerprint density at radius 1 is 1.50 bits per heavy atom. The molecule has 0 N–H and O–H groups in total. The van der Waals surface area contributed by atoms with Crippen LogP contribution in [0, 0.1) is 5.41 Å². The van der Waals surface area contributed by atoms with Crippen LogP contribution in [0.15, 0.2) is 23.3 Å². The van der Waals surface area contributed by atoms with Crippen molar-refractivity contribution in [2.75, 3.05) is 6.61 Å². The molecule has 1 atom stereocenters. The first-order chi connectivity index (χ1) is 8.48. The normalized spacial score (nSPS) is 23.2. The van der Waals surface area contributed by atoms with E-state index in [1.54, 1.807) is 0 Å². The van der Waals surface area contributed by atoms with E-state index in [4.69, 9.17) is 4.74 Å². The molecule has 0 fully saturated rings.